The first-order chi connectivity index (χ1) is 9.25. The van der Waals surface area contributed by atoms with Crippen molar-refractivity contribution in [3.63, 3.8) is 0 Å². The van der Waals surface area contributed by atoms with Crippen molar-refractivity contribution in [2.24, 2.45) is 0 Å². The van der Waals surface area contributed by atoms with Crippen molar-refractivity contribution in [3.05, 3.63) is 29.8 Å². The Bertz CT molecular complexity index is 423. The van der Waals surface area contributed by atoms with E-state index in [2.05, 4.69) is 5.32 Å². The zero-order valence-corrected chi connectivity index (χ0v) is 12.2. The second-order valence-corrected chi connectivity index (χ2v) is 4.59. The molecule has 1 saturated heterocycles. The van der Waals surface area contributed by atoms with E-state index in [0.29, 0.717) is 31.0 Å². The molecule has 0 bridgehead atoms. The highest BCUT2D eigenvalue weighted by atomic mass is 35.5. The normalized spacial score (nSPS) is 17.5. The van der Waals surface area contributed by atoms with Gasteiger partial charge in [0.05, 0.1) is 12.7 Å². The van der Waals surface area contributed by atoms with Gasteiger partial charge in [0.2, 0.25) is 0 Å². The molecule has 112 valence electrons. The average molecular weight is 301 g/mol. The summed E-state index contributed by atoms with van der Waals surface area (Å²) in [6.07, 6.45) is 1.99. The summed E-state index contributed by atoms with van der Waals surface area (Å²) in [6.45, 7) is 2.72. The molecule has 0 spiro atoms. The minimum atomic E-state index is -0.100. The van der Waals surface area contributed by atoms with Crippen LogP contribution in [-0.2, 0) is 9.47 Å². The van der Waals surface area contributed by atoms with Crippen LogP contribution in [0.1, 0.15) is 23.2 Å². The summed E-state index contributed by atoms with van der Waals surface area (Å²) in [7, 11) is 0. The molecular weight excluding hydrogens is 280 g/mol. The van der Waals surface area contributed by atoms with Gasteiger partial charge in [-0.15, -0.1) is 12.4 Å². The topological polar surface area (TPSA) is 73.6 Å². The lowest BCUT2D eigenvalue weighted by molar-refractivity contribution is 0.0415. The molecule has 20 heavy (non-hydrogen) atoms. The SMILES string of the molecule is Cl.Nc1cccc(C(=O)NCCCOC2CCOC2)c1. The predicted molar refractivity (Wildman–Crippen MR) is 80.2 cm³/mol. The average Bonchev–Trinajstić information content (AvgIpc) is 2.91. The van der Waals surface area contributed by atoms with Gasteiger partial charge in [0, 0.05) is 31.0 Å². The van der Waals surface area contributed by atoms with E-state index in [9.17, 15) is 4.79 Å². The molecule has 1 atom stereocenters. The molecule has 1 unspecified atom stereocenters. The number of nitrogens with two attached hydrogens (primary N) is 1. The number of ether oxygens (including phenoxy) is 2. The van der Waals surface area contributed by atoms with Crippen molar-refractivity contribution < 1.29 is 14.3 Å². The number of nitrogens with one attached hydrogen (secondary N) is 1. The monoisotopic (exact) mass is 300 g/mol. The largest absolute Gasteiger partial charge is 0.399 e. The van der Waals surface area contributed by atoms with E-state index in [1.165, 1.54) is 0 Å². The van der Waals surface area contributed by atoms with Crippen LogP contribution in [0.4, 0.5) is 5.69 Å². The number of hydrogen-bond donors (Lipinski definition) is 2. The van der Waals surface area contributed by atoms with Crippen molar-refractivity contribution in [1.82, 2.24) is 5.32 Å². The molecule has 1 amide bonds. The Morgan fingerprint density at radius 1 is 1.50 bits per heavy atom. The molecule has 1 aliphatic rings. The first-order valence-corrected chi connectivity index (χ1v) is 6.59. The van der Waals surface area contributed by atoms with Crippen molar-refractivity contribution in [2.75, 3.05) is 32.1 Å². The van der Waals surface area contributed by atoms with E-state index >= 15 is 0 Å². The standard InChI is InChI=1S/C14H20N2O3.ClH/c15-12-4-1-3-11(9-12)14(17)16-6-2-7-19-13-5-8-18-10-13;/h1,3-4,9,13H,2,5-8,10,15H2,(H,16,17);1H. The summed E-state index contributed by atoms with van der Waals surface area (Å²) in [5.74, 6) is -0.100. The molecule has 1 aromatic carbocycles. The summed E-state index contributed by atoms with van der Waals surface area (Å²) < 4.78 is 10.8. The number of carbonyl (C=O) groups is 1. The summed E-state index contributed by atoms with van der Waals surface area (Å²) in [6, 6.07) is 6.95. The van der Waals surface area contributed by atoms with Crippen LogP contribution >= 0.6 is 12.4 Å². The van der Waals surface area contributed by atoms with Crippen molar-refractivity contribution in [3.8, 4) is 0 Å². The Labute approximate surface area is 125 Å². The fraction of sp³-hybridized carbons (Fsp3) is 0.500. The molecular formula is C14H21ClN2O3. The van der Waals surface area contributed by atoms with Crippen molar-refractivity contribution >= 4 is 24.0 Å². The molecule has 1 fully saturated rings. The van der Waals surface area contributed by atoms with E-state index in [-0.39, 0.29) is 24.4 Å². The van der Waals surface area contributed by atoms with Gasteiger partial charge >= 0.3 is 0 Å². The quantitative estimate of drug-likeness (QED) is 0.618. The molecule has 6 heteroatoms. The zero-order chi connectivity index (χ0) is 13.5. The molecule has 1 heterocycles. The number of carbonyl (C=O) groups excluding carboxylic acids is 1. The van der Waals surface area contributed by atoms with Crippen LogP contribution in [0.5, 0.6) is 0 Å². The number of amides is 1. The fourth-order valence-corrected chi connectivity index (χ4v) is 1.95. The Balaban J connectivity index is 0.00000200. The van der Waals surface area contributed by atoms with Crippen LogP contribution < -0.4 is 11.1 Å². The first-order valence-electron chi connectivity index (χ1n) is 6.59. The first kappa shape index (κ1) is 16.8. The highest BCUT2D eigenvalue weighted by Gasteiger charge is 2.15. The van der Waals surface area contributed by atoms with Gasteiger partial charge in [-0.3, -0.25) is 4.79 Å². The minimum absolute atomic E-state index is 0. The lowest BCUT2D eigenvalue weighted by Crippen LogP contribution is -2.26. The highest BCUT2D eigenvalue weighted by Crippen LogP contribution is 2.08. The van der Waals surface area contributed by atoms with Crippen molar-refractivity contribution in [1.29, 1.82) is 0 Å². The Morgan fingerprint density at radius 3 is 3.05 bits per heavy atom. The van der Waals surface area contributed by atoms with E-state index < -0.39 is 0 Å². The number of anilines is 1. The van der Waals surface area contributed by atoms with Crippen molar-refractivity contribution in [2.45, 2.75) is 18.9 Å². The third-order valence-corrected chi connectivity index (χ3v) is 3.00. The zero-order valence-electron chi connectivity index (χ0n) is 11.3. The lowest BCUT2D eigenvalue weighted by atomic mass is 10.2. The molecule has 0 aromatic heterocycles. The van der Waals surface area contributed by atoms with Gasteiger partial charge < -0.3 is 20.5 Å². The Kier molecular flexibility index (Phi) is 7.36. The second-order valence-electron chi connectivity index (χ2n) is 4.59. The molecule has 0 aliphatic carbocycles. The van der Waals surface area contributed by atoms with Gasteiger partial charge in [-0.1, -0.05) is 6.07 Å². The Morgan fingerprint density at radius 2 is 2.35 bits per heavy atom. The van der Waals surface area contributed by atoms with Gasteiger partial charge in [0.1, 0.15) is 0 Å². The number of halogens is 1. The van der Waals surface area contributed by atoms with E-state index in [0.717, 1.165) is 19.4 Å². The molecule has 2 rings (SSSR count). The number of nitrogen functional groups attached to an aromatic ring is 1. The third kappa shape index (κ3) is 5.36. The molecule has 5 nitrogen and oxygen atoms in total. The second kappa shape index (κ2) is 8.79. The van der Waals surface area contributed by atoms with E-state index in [4.69, 9.17) is 15.2 Å². The number of rotatable bonds is 6. The highest BCUT2D eigenvalue weighted by molar-refractivity contribution is 5.94. The minimum Gasteiger partial charge on any atom is -0.399 e. The number of benzene rings is 1. The van der Waals surface area contributed by atoms with Crippen LogP contribution in [-0.4, -0.2) is 38.4 Å². The summed E-state index contributed by atoms with van der Waals surface area (Å²) in [4.78, 5) is 11.8. The van der Waals surface area contributed by atoms with Gasteiger partial charge in [0.15, 0.2) is 0 Å². The van der Waals surface area contributed by atoms with E-state index in [1.54, 1.807) is 24.3 Å². The molecule has 0 radical (unpaired) electrons. The molecule has 3 N–H and O–H groups in total. The van der Waals surface area contributed by atoms with E-state index in [1.807, 2.05) is 0 Å². The van der Waals surface area contributed by atoms with Crippen LogP contribution in [0.25, 0.3) is 0 Å². The Hall–Kier alpha value is -1.30. The van der Waals surface area contributed by atoms with Crippen LogP contribution in [0.3, 0.4) is 0 Å². The van der Waals surface area contributed by atoms with Crippen LogP contribution in [0.15, 0.2) is 24.3 Å². The van der Waals surface area contributed by atoms with Gasteiger partial charge in [-0.05, 0) is 31.0 Å². The maximum Gasteiger partial charge on any atom is 0.251 e. The summed E-state index contributed by atoms with van der Waals surface area (Å²) in [5, 5.41) is 2.85. The lowest BCUT2D eigenvalue weighted by Gasteiger charge is -2.10. The molecule has 1 aromatic rings. The van der Waals surface area contributed by atoms with Crippen LogP contribution in [0.2, 0.25) is 0 Å². The smallest absolute Gasteiger partial charge is 0.251 e. The maximum atomic E-state index is 11.8. The van der Waals surface area contributed by atoms with Gasteiger partial charge in [-0.25, -0.2) is 0 Å². The summed E-state index contributed by atoms with van der Waals surface area (Å²) >= 11 is 0. The fourth-order valence-electron chi connectivity index (χ4n) is 1.95. The number of hydrogen-bond acceptors (Lipinski definition) is 4. The van der Waals surface area contributed by atoms with Crippen LogP contribution in [0, 0.1) is 0 Å². The third-order valence-electron chi connectivity index (χ3n) is 3.00. The molecule has 1 aliphatic heterocycles. The summed E-state index contributed by atoms with van der Waals surface area (Å²) in [5.41, 5.74) is 6.81. The van der Waals surface area contributed by atoms with Gasteiger partial charge in [0.25, 0.3) is 5.91 Å². The maximum absolute atomic E-state index is 11.8. The predicted octanol–water partition coefficient (Wildman–Crippen LogP) is 1.62. The van der Waals surface area contributed by atoms with Gasteiger partial charge in [-0.2, -0.15) is 0 Å². The molecule has 0 saturated carbocycles.